The fraction of sp³-hybridized carbons (Fsp3) is 0.556. The Morgan fingerprint density at radius 3 is 3.04 bits per heavy atom. The second-order valence-corrected chi connectivity index (χ2v) is 6.51. The first-order valence-electron chi connectivity index (χ1n) is 8.60. The highest BCUT2D eigenvalue weighted by Gasteiger charge is 2.29. The van der Waals surface area contributed by atoms with Crippen LogP contribution in [0, 0.1) is 0 Å². The molecule has 2 heterocycles. The lowest BCUT2D eigenvalue weighted by Gasteiger charge is -2.35. The van der Waals surface area contributed by atoms with Gasteiger partial charge in [0.25, 0.3) is 0 Å². The predicted molar refractivity (Wildman–Crippen MR) is 88.7 cm³/mol. The molecule has 0 radical (unpaired) electrons. The molecule has 1 atom stereocenters. The molecule has 25 heavy (non-hydrogen) atoms. The molecule has 1 saturated heterocycles. The Hall–Kier alpha value is -2.02. The van der Waals surface area contributed by atoms with E-state index in [1.165, 1.54) is 0 Å². The lowest BCUT2D eigenvalue weighted by molar-refractivity contribution is -0.141. The molecule has 136 valence electrons. The van der Waals surface area contributed by atoms with E-state index in [-0.39, 0.29) is 24.8 Å². The van der Waals surface area contributed by atoms with E-state index < -0.39 is 12.5 Å². The van der Waals surface area contributed by atoms with Gasteiger partial charge in [-0.3, -0.25) is 9.59 Å². The number of fused-ring (bicyclic) bond motifs is 1. The fourth-order valence-corrected chi connectivity index (χ4v) is 3.41. The van der Waals surface area contributed by atoms with Crippen LogP contribution < -0.4 is 5.32 Å². The molecule has 0 saturated carbocycles. The number of ether oxygens (including phenoxy) is 1. The lowest BCUT2D eigenvalue weighted by Crippen LogP contribution is -2.49. The van der Waals surface area contributed by atoms with Gasteiger partial charge in [0.15, 0.2) is 0 Å². The van der Waals surface area contributed by atoms with Crippen LogP contribution in [0.4, 0.5) is 14.5 Å². The highest BCUT2D eigenvalue weighted by Crippen LogP contribution is 2.24. The van der Waals surface area contributed by atoms with Crippen molar-refractivity contribution in [2.45, 2.75) is 44.6 Å². The zero-order valence-corrected chi connectivity index (χ0v) is 14.0. The van der Waals surface area contributed by atoms with E-state index in [1.54, 1.807) is 4.90 Å². The van der Waals surface area contributed by atoms with Crippen molar-refractivity contribution >= 4 is 17.5 Å². The quantitative estimate of drug-likeness (QED) is 0.855. The number of rotatable bonds is 6. The molecule has 0 aliphatic carbocycles. The number of hydrogen-bond acceptors (Lipinski definition) is 3. The number of amides is 2. The van der Waals surface area contributed by atoms with Gasteiger partial charge in [-0.25, -0.2) is 8.78 Å². The van der Waals surface area contributed by atoms with Crippen LogP contribution >= 0.6 is 0 Å². The molecular formula is C18H22F2N2O3. The summed E-state index contributed by atoms with van der Waals surface area (Å²) in [5, 5.41) is 2.79. The van der Waals surface area contributed by atoms with Crippen LogP contribution in [0.2, 0.25) is 0 Å². The largest absolute Gasteiger partial charge is 0.377 e. The van der Waals surface area contributed by atoms with E-state index in [9.17, 15) is 18.4 Å². The number of carbonyl (C=O) groups is 2. The number of nitrogens with one attached hydrogen (secondary N) is 1. The Morgan fingerprint density at radius 2 is 2.24 bits per heavy atom. The highest BCUT2D eigenvalue weighted by atomic mass is 19.3. The monoisotopic (exact) mass is 352 g/mol. The molecule has 2 aliphatic rings. The van der Waals surface area contributed by atoms with E-state index in [0.29, 0.717) is 32.4 Å². The van der Waals surface area contributed by atoms with Crippen LogP contribution in [-0.4, -0.2) is 48.9 Å². The van der Waals surface area contributed by atoms with Crippen LogP contribution in [0.25, 0.3) is 0 Å². The van der Waals surface area contributed by atoms with Crippen molar-refractivity contribution in [1.82, 2.24) is 4.90 Å². The first-order chi connectivity index (χ1) is 12.0. The van der Waals surface area contributed by atoms with Crippen molar-refractivity contribution in [1.29, 1.82) is 0 Å². The first kappa shape index (κ1) is 17.8. The van der Waals surface area contributed by atoms with Gasteiger partial charge in [-0.2, -0.15) is 0 Å². The molecule has 1 unspecified atom stereocenters. The number of aryl methyl sites for hydroxylation is 1. The van der Waals surface area contributed by atoms with Crippen molar-refractivity contribution < 1.29 is 23.1 Å². The van der Waals surface area contributed by atoms with Gasteiger partial charge in [0.1, 0.15) is 0 Å². The Kier molecular flexibility index (Phi) is 5.63. The molecule has 2 amide bonds. The topological polar surface area (TPSA) is 58.6 Å². The molecule has 5 nitrogen and oxygen atoms in total. The van der Waals surface area contributed by atoms with Gasteiger partial charge >= 0.3 is 0 Å². The van der Waals surface area contributed by atoms with Gasteiger partial charge in [-0.05, 0) is 30.0 Å². The molecule has 1 aromatic carbocycles. The molecule has 0 spiro atoms. The van der Waals surface area contributed by atoms with Crippen LogP contribution in [0.15, 0.2) is 18.2 Å². The zero-order chi connectivity index (χ0) is 17.8. The van der Waals surface area contributed by atoms with Crippen LogP contribution in [0.3, 0.4) is 0 Å². The van der Waals surface area contributed by atoms with Gasteiger partial charge < -0.3 is 15.0 Å². The second-order valence-electron chi connectivity index (χ2n) is 6.51. The van der Waals surface area contributed by atoms with Crippen molar-refractivity contribution in [3.05, 3.63) is 29.3 Å². The number of benzene rings is 1. The molecule has 1 N–H and O–H groups in total. The average Bonchev–Trinajstić information content (AvgIpc) is 2.94. The highest BCUT2D eigenvalue weighted by molar-refractivity contribution is 5.99. The number of alkyl halides is 2. The lowest BCUT2D eigenvalue weighted by atomic mass is 10.0. The standard InChI is InChI=1S/C18H22F2N2O3/c19-16(20)10-14-11-25-7-6-22(14)18(24)3-1-2-12-4-5-15-13(8-12)9-17(23)21-15/h4-5,8,14,16H,1-3,6-7,9-11H2,(H,21,23). The third-order valence-corrected chi connectivity index (χ3v) is 4.65. The molecule has 7 heteroatoms. The molecule has 1 fully saturated rings. The van der Waals surface area contributed by atoms with E-state index in [2.05, 4.69) is 5.32 Å². The van der Waals surface area contributed by atoms with Crippen molar-refractivity contribution in [2.24, 2.45) is 0 Å². The number of hydrogen-bond donors (Lipinski definition) is 1. The summed E-state index contributed by atoms with van der Waals surface area (Å²) in [6.07, 6.45) is -0.685. The normalized spacial score (nSPS) is 19.9. The third-order valence-electron chi connectivity index (χ3n) is 4.65. The maximum Gasteiger partial charge on any atom is 0.240 e. The Morgan fingerprint density at radius 1 is 1.40 bits per heavy atom. The van der Waals surface area contributed by atoms with Crippen LogP contribution in [0.5, 0.6) is 0 Å². The fourth-order valence-electron chi connectivity index (χ4n) is 3.41. The Bertz CT molecular complexity index is 651. The first-order valence-corrected chi connectivity index (χ1v) is 8.60. The summed E-state index contributed by atoms with van der Waals surface area (Å²) in [4.78, 5) is 25.3. The van der Waals surface area contributed by atoms with E-state index in [1.807, 2.05) is 18.2 Å². The molecule has 0 aromatic heterocycles. The second kappa shape index (κ2) is 7.91. The maximum absolute atomic E-state index is 12.6. The van der Waals surface area contributed by atoms with Crippen molar-refractivity contribution in [3.8, 4) is 0 Å². The van der Waals surface area contributed by atoms with Crippen molar-refractivity contribution in [3.63, 3.8) is 0 Å². The minimum atomic E-state index is -2.44. The van der Waals surface area contributed by atoms with Gasteiger partial charge in [0.05, 0.1) is 25.7 Å². The minimum absolute atomic E-state index is 0.000262. The summed E-state index contributed by atoms with van der Waals surface area (Å²) < 4.78 is 30.5. The molecule has 1 aromatic rings. The smallest absolute Gasteiger partial charge is 0.240 e. The number of anilines is 1. The summed E-state index contributed by atoms with van der Waals surface area (Å²) in [5.41, 5.74) is 2.92. The SMILES string of the molecule is O=C1Cc2cc(CCCC(=O)N3CCOCC3CC(F)F)ccc2N1. The van der Waals surface area contributed by atoms with Gasteiger partial charge in [-0.15, -0.1) is 0 Å². The van der Waals surface area contributed by atoms with Gasteiger partial charge in [0, 0.05) is 25.1 Å². The molecule has 2 aliphatic heterocycles. The van der Waals surface area contributed by atoms with E-state index in [0.717, 1.165) is 23.2 Å². The summed E-state index contributed by atoms with van der Waals surface area (Å²) >= 11 is 0. The third kappa shape index (κ3) is 4.54. The average molecular weight is 352 g/mol. The van der Waals surface area contributed by atoms with Crippen LogP contribution in [0.1, 0.15) is 30.4 Å². The zero-order valence-electron chi connectivity index (χ0n) is 14.0. The number of nitrogens with zero attached hydrogens (tertiary/aromatic N) is 1. The Labute approximate surface area is 145 Å². The van der Waals surface area contributed by atoms with Crippen molar-refractivity contribution in [2.75, 3.05) is 25.1 Å². The number of morpholine rings is 1. The molecular weight excluding hydrogens is 330 g/mol. The van der Waals surface area contributed by atoms with Gasteiger partial charge in [-0.1, -0.05) is 12.1 Å². The predicted octanol–water partition coefficient (Wildman–Crippen LogP) is 2.39. The van der Waals surface area contributed by atoms with E-state index >= 15 is 0 Å². The number of halogens is 2. The Balaban J connectivity index is 1.50. The van der Waals surface area contributed by atoms with Crippen LogP contribution in [-0.2, 0) is 27.2 Å². The summed E-state index contributed by atoms with van der Waals surface area (Å²) in [6.45, 7) is 0.960. The molecule has 0 bridgehead atoms. The van der Waals surface area contributed by atoms with Gasteiger partial charge in [0.2, 0.25) is 18.2 Å². The maximum atomic E-state index is 12.6. The minimum Gasteiger partial charge on any atom is -0.377 e. The summed E-state index contributed by atoms with van der Waals surface area (Å²) in [5.74, 6) is -0.0910. The van der Waals surface area contributed by atoms with E-state index in [4.69, 9.17) is 4.74 Å². The number of carbonyl (C=O) groups excluding carboxylic acids is 2. The molecule has 3 rings (SSSR count). The summed E-state index contributed by atoms with van der Waals surface area (Å²) in [6, 6.07) is 5.30. The summed E-state index contributed by atoms with van der Waals surface area (Å²) in [7, 11) is 0.